The van der Waals surface area contributed by atoms with E-state index in [4.69, 9.17) is 4.74 Å². The molecule has 7 heteroatoms. The fraction of sp³-hybridized carbons (Fsp3) is 0.238. The Morgan fingerprint density at radius 3 is 2.57 bits per heavy atom. The Labute approximate surface area is 164 Å². The van der Waals surface area contributed by atoms with E-state index in [9.17, 15) is 14.4 Å². The summed E-state index contributed by atoms with van der Waals surface area (Å²) in [4.78, 5) is 40.9. The topological polar surface area (TPSA) is 88.6 Å². The van der Waals surface area contributed by atoms with Gasteiger partial charge in [0.25, 0.3) is 0 Å². The number of carbonyl (C=O) groups is 3. The third-order valence-corrected chi connectivity index (χ3v) is 3.88. The highest BCUT2D eigenvalue weighted by molar-refractivity contribution is 6.08. The third kappa shape index (κ3) is 6.53. The zero-order valence-corrected chi connectivity index (χ0v) is 15.7. The summed E-state index contributed by atoms with van der Waals surface area (Å²) < 4.78 is 4.93. The Morgan fingerprint density at radius 2 is 1.93 bits per heavy atom. The number of ketones is 1. The molecule has 0 aliphatic carbocycles. The van der Waals surface area contributed by atoms with Crippen molar-refractivity contribution in [3.63, 3.8) is 0 Å². The summed E-state index contributed by atoms with van der Waals surface area (Å²) in [6.45, 7) is 0.375. The number of nitrogens with one attached hydrogen (secondary N) is 1. The minimum Gasteiger partial charge on any atom is -0.384 e. The molecule has 2 aromatic rings. The van der Waals surface area contributed by atoms with Gasteiger partial charge < -0.3 is 9.53 Å². The molecule has 0 aliphatic heterocycles. The number of aldehydes is 1. The van der Waals surface area contributed by atoms with E-state index in [2.05, 4.69) is 10.4 Å². The molecule has 0 fully saturated rings. The number of rotatable bonds is 11. The summed E-state index contributed by atoms with van der Waals surface area (Å²) in [7, 11) is 1.48. The first-order chi connectivity index (χ1) is 13.7. The van der Waals surface area contributed by atoms with E-state index >= 15 is 0 Å². The van der Waals surface area contributed by atoms with Crippen molar-refractivity contribution in [2.75, 3.05) is 13.7 Å². The fourth-order valence-corrected chi connectivity index (χ4v) is 2.42. The Morgan fingerprint density at radius 1 is 1.18 bits per heavy atom. The standard InChI is InChI=1S/C21H23N3O4/c1-28-14-12-21(27)24(23-15-18-9-5-6-13-22-18)19(16-25)20(26)11-10-17-7-3-2-4-8-17/h2-11,13,16,19,23H,12,14-15H2,1H3. The molecular weight excluding hydrogens is 358 g/mol. The normalized spacial score (nSPS) is 11.9. The van der Waals surface area contributed by atoms with Gasteiger partial charge in [0, 0.05) is 13.3 Å². The van der Waals surface area contributed by atoms with Gasteiger partial charge in [-0.3, -0.25) is 19.6 Å². The van der Waals surface area contributed by atoms with Crippen LogP contribution < -0.4 is 5.43 Å². The highest BCUT2D eigenvalue weighted by atomic mass is 16.5. The second-order valence-corrected chi connectivity index (χ2v) is 5.89. The van der Waals surface area contributed by atoms with Crippen molar-refractivity contribution in [2.24, 2.45) is 0 Å². The Balaban J connectivity index is 2.14. The molecule has 28 heavy (non-hydrogen) atoms. The Hall–Kier alpha value is -3.16. The number of ether oxygens (including phenoxy) is 1. The molecule has 1 aromatic heterocycles. The van der Waals surface area contributed by atoms with Gasteiger partial charge in [0.15, 0.2) is 18.1 Å². The summed E-state index contributed by atoms with van der Waals surface area (Å²) in [6.07, 6.45) is 5.02. The summed E-state index contributed by atoms with van der Waals surface area (Å²) in [5.41, 5.74) is 4.34. The van der Waals surface area contributed by atoms with Gasteiger partial charge in [0.05, 0.1) is 25.3 Å². The SMILES string of the molecule is COCCC(=O)N(NCc1ccccn1)C(C=O)C(=O)C=Cc1ccccc1. The maximum Gasteiger partial charge on any atom is 0.240 e. The lowest BCUT2D eigenvalue weighted by atomic mass is 10.1. The predicted octanol–water partition coefficient (Wildman–Crippen LogP) is 1.80. The predicted molar refractivity (Wildman–Crippen MR) is 105 cm³/mol. The summed E-state index contributed by atoms with van der Waals surface area (Å²) in [6, 6.07) is 13.3. The van der Waals surface area contributed by atoms with E-state index in [1.165, 1.54) is 13.2 Å². The van der Waals surface area contributed by atoms with E-state index in [0.717, 1.165) is 10.6 Å². The zero-order valence-electron chi connectivity index (χ0n) is 15.7. The first-order valence-electron chi connectivity index (χ1n) is 8.82. The van der Waals surface area contributed by atoms with Crippen molar-refractivity contribution in [2.45, 2.75) is 19.0 Å². The monoisotopic (exact) mass is 381 g/mol. The van der Waals surface area contributed by atoms with Gasteiger partial charge in [0.1, 0.15) is 0 Å². The molecule has 1 N–H and O–H groups in total. The molecule has 0 saturated heterocycles. The second kappa shape index (κ2) is 11.5. The number of benzene rings is 1. The van der Waals surface area contributed by atoms with Crippen LogP contribution in [0, 0.1) is 0 Å². The maximum atomic E-state index is 12.6. The number of pyridine rings is 1. The molecule has 0 aliphatic rings. The molecule has 0 spiro atoms. The summed E-state index contributed by atoms with van der Waals surface area (Å²) in [5.74, 6) is -0.922. The van der Waals surface area contributed by atoms with Crippen LogP contribution in [0.1, 0.15) is 17.7 Å². The molecular formula is C21H23N3O4. The summed E-state index contributed by atoms with van der Waals surface area (Å²) >= 11 is 0. The van der Waals surface area contributed by atoms with Gasteiger partial charge in [-0.2, -0.15) is 0 Å². The minimum absolute atomic E-state index is 0.0335. The first kappa shape index (κ1) is 21.1. The molecule has 7 nitrogen and oxygen atoms in total. The zero-order chi connectivity index (χ0) is 20.2. The average molecular weight is 381 g/mol. The van der Waals surface area contributed by atoms with E-state index in [1.807, 2.05) is 36.4 Å². The number of carbonyl (C=O) groups excluding carboxylic acids is 3. The fourth-order valence-electron chi connectivity index (χ4n) is 2.42. The number of nitrogens with zero attached hydrogens (tertiary/aromatic N) is 2. The molecule has 1 heterocycles. The van der Waals surface area contributed by atoms with Crippen molar-refractivity contribution in [3.8, 4) is 0 Å². The van der Waals surface area contributed by atoms with Crippen molar-refractivity contribution in [3.05, 3.63) is 72.1 Å². The Bertz CT molecular complexity index is 794. The average Bonchev–Trinajstić information content (AvgIpc) is 2.74. The molecule has 1 unspecified atom stereocenters. The molecule has 1 aromatic carbocycles. The molecule has 2 rings (SSSR count). The van der Waals surface area contributed by atoms with Crippen LogP contribution in [-0.2, 0) is 25.7 Å². The van der Waals surface area contributed by atoms with Gasteiger partial charge in [-0.1, -0.05) is 42.5 Å². The number of hydrogen-bond donors (Lipinski definition) is 1. The van der Waals surface area contributed by atoms with Gasteiger partial charge in [0.2, 0.25) is 5.91 Å². The number of hydrogen-bond acceptors (Lipinski definition) is 6. The smallest absolute Gasteiger partial charge is 0.240 e. The molecule has 146 valence electrons. The number of hydrazine groups is 1. The molecule has 0 radical (unpaired) electrons. The minimum atomic E-state index is -1.28. The third-order valence-electron chi connectivity index (χ3n) is 3.88. The molecule has 1 amide bonds. The van der Waals surface area contributed by atoms with Crippen LogP contribution >= 0.6 is 0 Å². The maximum absolute atomic E-state index is 12.6. The lowest BCUT2D eigenvalue weighted by Gasteiger charge is -2.27. The largest absolute Gasteiger partial charge is 0.384 e. The number of methoxy groups -OCH3 is 1. The van der Waals surface area contributed by atoms with Gasteiger partial charge in [-0.15, -0.1) is 0 Å². The molecule has 1 atom stereocenters. The van der Waals surface area contributed by atoms with Crippen LogP contribution in [0.25, 0.3) is 6.08 Å². The second-order valence-electron chi connectivity index (χ2n) is 5.89. The van der Waals surface area contributed by atoms with Gasteiger partial charge in [-0.25, -0.2) is 5.43 Å². The van der Waals surface area contributed by atoms with Crippen molar-refractivity contribution in [1.82, 2.24) is 15.4 Å². The van der Waals surface area contributed by atoms with Crippen LogP contribution in [-0.4, -0.2) is 47.7 Å². The van der Waals surface area contributed by atoms with Crippen LogP contribution in [0.3, 0.4) is 0 Å². The van der Waals surface area contributed by atoms with E-state index in [0.29, 0.717) is 12.0 Å². The highest BCUT2D eigenvalue weighted by Crippen LogP contribution is 2.06. The van der Waals surface area contributed by atoms with E-state index in [1.54, 1.807) is 24.4 Å². The quantitative estimate of drug-likeness (QED) is 0.276. The Kier molecular flexibility index (Phi) is 8.71. The van der Waals surface area contributed by atoms with E-state index in [-0.39, 0.29) is 19.6 Å². The van der Waals surface area contributed by atoms with E-state index < -0.39 is 17.7 Å². The lowest BCUT2D eigenvalue weighted by molar-refractivity contribution is -0.145. The van der Waals surface area contributed by atoms with Gasteiger partial charge in [-0.05, 0) is 23.8 Å². The molecule has 0 bridgehead atoms. The summed E-state index contributed by atoms with van der Waals surface area (Å²) in [5, 5.41) is 1.05. The van der Waals surface area contributed by atoms with Crippen molar-refractivity contribution in [1.29, 1.82) is 0 Å². The van der Waals surface area contributed by atoms with Crippen molar-refractivity contribution < 1.29 is 19.1 Å². The molecule has 0 saturated carbocycles. The van der Waals surface area contributed by atoms with Crippen LogP contribution in [0.2, 0.25) is 0 Å². The van der Waals surface area contributed by atoms with Gasteiger partial charge >= 0.3 is 0 Å². The van der Waals surface area contributed by atoms with Crippen molar-refractivity contribution >= 4 is 24.1 Å². The highest BCUT2D eigenvalue weighted by Gasteiger charge is 2.28. The van der Waals surface area contributed by atoms with Crippen LogP contribution in [0.15, 0.2) is 60.8 Å². The number of amides is 1. The first-order valence-corrected chi connectivity index (χ1v) is 8.82. The lowest BCUT2D eigenvalue weighted by Crippen LogP contribution is -2.53. The van der Waals surface area contributed by atoms with Crippen LogP contribution in [0.5, 0.6) is 0 Å². The number of aromatic nitrogens is 1. The van der Waals surface area contributed by atoms with Crippen LogP contribution in [0.4, 0.5) is 0 Å².